The maximum Gasteiger partial charge on any atom is 0.170 e. The van der Waals surface area contributed by atoms with Gasteiger partial charge in [0, 0.05) is 12.8 Å². The van der Waals surface area contributed by atoms with Crippen molar-refractivity contribution < 1.29 is 9.47 Å². The van der Waals surface area contributed by atoms with E-state index in [-0.39, 0.29) is 11.2 Å². The van der Waals surface area contributed by atoms with Crippen molar-refractivity contribution >= 4 is 22.5 Å². The molecule has 0 N–H and O–H groups in total. The van der Waals surface area contributed by atoms with Crippen molar-refractivity contribution in [2.75, 3.05) is 6.61 Å². The number of hydrogen-bond donors (Lipinski definition) is 1. The fraction of sp³-hybridized carbons (Fsp3) is 1.00. The second-order valence-corrected chi connectivity index (χ2v) is 4.80. The van der Waals surface area contributed by atoms with E-state index in [0.29, 0.717) is 6.61 Å². The van der Waals surface area contributed by atoms with Gasteiger partial charge in [-0.3, -0.25) is 0 Å². The molecular formula is C8H14O2S2. The van der Waals surface area contributed by atoms with Gasteiger partial charge in [-0.2, -0.15) is 0 Å². The van der Waals surface area contributed by atoms with E-state index < -0.39 is 0 Å². The zero-order valence-corrected chi connectivity index (χ0v) is 8.70. The molecule has 2 nitrogen and oxygen atoms in total. The topological polar surface area (TPSA) is 18.5 Å². The van der Waals surface area contributed by atoms with Crippen molar-refractivity contribution in [2.45, 2.75) is 43.3 Å². The van der Waals surface area contributed by atoms with E-state index in [4.69, 9.17) is 9.47 Å². The molecular weight excluding hydrogens is 192 g/mol. The van der Waals surface area contributed by atoms with Gasteiger partial charge >= 0.3 is 0 Å². The summed E-state index contributed by atoms with van der Waals surface area (Å²) in [4.78, 5) is 0. The van der Waals surface area contributed by atoms with Gasteiger partial charge in [0.05, 0.1) is 6.61 Å². The summed E-state index contributed by atoms with van der Waals surface area (Å²) in [5.41, 5.74) is 0.145. The molecule has 1 spiro atoms. The third-order valence-corrected chi connectivity index (χ3v) is 3.73. The zero-order chi connectivity index (χ0) is 8.44. The Bertz CT molecular complexity index is 157. The van der Waals surface area contributed by atoms with Crippen LogP contribution in [0.5, 0.6) is 0 Å². The number of ether oxygens (including phenoxy) is 2. The zero-order valence-electron chi connectivity index (χ0n) is 6.99. The smallest absolute Gasteiger partial charge is 0.170 e. The Morgan fingerprint density at radius 3 is 2.58 bits per heavy atom. The molecule has 1 saturated heterocycles. The molecule has 0 aromatic carbocycles. The Balaban J connectivity index is 1.94. The molecule has 0 amide bonds. The van der Waals surface area contributed by atoms with Crippen LogP contribution in [0.25, 0.3) is 0 Å². The van der Waals surface area contributed by atoms with Crippen LogP contribution in [0.1, 0.15) is 32.1 Å². The first-order chi connectivity index (χ1) is 5.85. The highest BCUT2D eigenvalue weighted by Gasteiger charge is 2.42. The lowest BCUT2D eigenvalue weighted by Crippen LogP contribution is -2.32. The van der Waals surface area contributed by atoms with Gasteiger partial charge in [-0.05, 0) is 12.8 Å². The first-order valence-corrected chi connectivity index (χ1v) is 6.40. The molecule has 0 unspecified atom stereocenters. The Kier molecular flexibility index (Phi) is 2.89. The molecule has 1 aliphatic heterocycles. The first kappa shape index (κ1) is 9.19. The Hall–Kier alpha value is 0.620. The quantitative estimate of drug-likeness (QED) is 0.525. The summed E-state index contributed by atoms with van der Waals surface area (Å²) in [6, 6.07) is 0. The van der Waals surface area contributed by atoms with Crippen molar-refractivity contribution in [2.24, 2.45) is 0 Å². The van der Waals surface area contributed by atoms with E-state index in [1.165, 1.54) is 30.1 Å². The van der Waals surface area contributed by atoms with Crippen molar-refractivity contribution in [1.82, 2.24) is 0 Å². The first-order valence-electron chi connectivity index (χ1n) is 4.47. The van der Waals surface area contributed by atoms with Gasteiger partial charge in [-0.25, -0.2) is 0 Å². The minimum atomic E-state index is -0.224. The molecule has 0 aromatic heterocycles. The SMILES string of the molecule is SS[C@H]1COC2(CCCCC2)O1. The van der Waals surface area contributed by atoms with Crippen LogP contribution in [0.2, 0.25) is 0 Å². The van der Waals surface area contributed by atoms with Crippen LogP contribution in [0, 0.1) is 0 Å². The Labute approximate surface area is 82.2 Å². The van der Waals surface area contributed by atoms with E-state index in [0.717, 1.165) is 12.8 Å². The summed E-state index contributed by atoms with van der Waals surface area (Å²) in [6.07, 6.45) is 5.94. The highest BCUT2D eigenvalue weighted by atomic mass is 33.1. The summed E-state index contributed by atoms with van der Waals surface area (Å²) in [6.45, 7) is 0.703. The number of rotatable bonds is 1. The fourth-order valence-corrected chi connectivity index (χ4v) is 2.59. The van der Waals surface area contributed by atoms with Crippen LogP contribution < -0.4 is 0 Å². The van der Waals surface area contributed by atoms with Crippen LogP contribution in [0.3, 0.4) is 0 Å². The molecule has 1 aliphatic carbocycles. The summed E-state index contributed by atoms with van der Waals surface area (Å²) >= 11 is 4.13. The molecule has 0 bridgehead atoms. The van der Waals surface area contributed by atoms with Gasteiger partial charge in [0.15, 0.2) is 5.79 Å². The standard InChI is InChI=1S/C8H14O2S2/c11-12-7-6-9-8(10-7)4-2-1-3-5-8/h7,11H,1-6H2/t7-/m0/s1. The number of thiol groups is 1. The predicted octanol–water partition coefficient (Wildman–Crippen LogP) is 2.60. The lowest BCUT2D eigenvalue weighted by molar-refractivity contribution is -0.179. The van der Waals surface area contributed by atoms with Gasteiger partial charge in [-0.1, -0.05) is 17.2 Å². The van der Waals surface area contributed by atoms with Crippen LogP contribution in [-0.2, 0) is 9.47 Å². The third-order valence-electron chi connectivity index (χ3n) is 2.56. The van der Waals surface area contributed by atoms with E-state index in [9.17, 15) is 0 Å². The average molecular weight is 206 g/mol. The van der Waals surface area contributed by atoms with Crippen molar-refractivity contribution in [3.63, 3.8) is 0 Å². The number of hydrogen-bond acceptors (Lipinski definition) is 4. The normalized spacial score (nSPS) is 34.2. The highest BCUT2D eigenvalue weighted by molar-refractivity contribution is 8.68. The molecule has 1 atom stereocenters. The minimum absolute atomic E-state index is 0.145. The largest absolute Gasteiger partial charge is 0.346 e. The second kappa shape index (κ2) is 3.78. The third kappa shape index (κ3) is 1.76. The minimum Gasteiger partial charge on any atom is -0.346 e. The predicted molar refractivity (Wildman–Crippen MR) is 53.2 cm³/mol. The molecule has 1 heterocycles. The molecule has 2 rings (SSSR count). The molecule has 1 saturated carbocycles. The monoisotopic (exact) mass is 206 g/mol. The van der Waals surface area contributed by atoms with E-state index in [1.54, 1.807) is 0 Å². The van der Waals surface area contributed by atoms with E-state index in [2.05, 4.69) is 11.7 Å². The summed E-state index contributed by atoms with van der Waals surface area (Å²) < 4.78 is 11.5. The average Bonchev–Trinajstić information content (AvgIpc) is 2.50. The van der Waals surface area contributed by atoms with E-state index >= 15 is 0 Å². The van der Waals surface area contributed by atoms with Crippen molar-refractivity contribution in [3.05, 3.63) is 0 Å². The van der Waals surface area contributed by atoms with Crippen LogP contribution in [-0.4, -0.2) is 17.8 Å². The van der Waals surface area contributed by atoms with Gasteiger partial charge < -0.3 is 9.47 Å². The van der Waals surface area contributed by atoms with Crippen molar-refractivity contribution in [1.29, 1.82) is 0 Å². The van der Waals surface area contributed by atoms with Gasteiger partial charge in [0.2, 0.25) is 0 Å². The van der Waals surface area contributed by atoms with Crippen LogP contribution in [0.4, 0.5) is 0 Å². The maximum absolute atomic E-state index is 5.80. The second-order valence-electron chi connectivity index (χ2n) is 3.44. The van der Waals surface area contributed by atoms with Gasteiger partial charge in [0.25, 0.3) is 0 Å². The van der Waals surface area contributed by atoms with Gasteiger partial charge in [-0.15, -0.1) is 11.7 Å². The molecule has 12 heavy (non-hydrogen) atoms. The summed E-state index contributed by atoms with van der Waals surface area (Å²) in [5, 5.41) is 0. The molecule has 0 aromatic rings. The summed E-state index contributed by atoms with van der Waals surface area (Å²) in [7, 11) is 1.45. The molecule has 0 radical (unpaired) electrons. The Morgan fingerprint density at radius 2 is 2.00 bits per heavy atom. The van der Waals surface area contributed by atoms with Crippen LogP contribution in [0.15, 0.2) is 0 Å². The molecule has 2 aliphatic rings. The van der Waals surface area contributed by atoms with E-state index in [1.807, 2.05) is 0 Å². The molecule has 4 heteroatoms. The molecule has 2 fully saturated rings. The van der Waals surface area contributed by atoms with Gasteiger partial charge in [0.1, 0.15) is 5.44 Å². The van der Waals surface area contributed by atoms with Crippen molar-refractivity contribution in [3.8, 4) is 0 Å². The summed E-state index contributed by atoms with van der Waals surface area (Å²) in [5.74, 6) is -0.224. The lowest BCUT2D eigenvalue weighted by Gasteiger charge is -2.31. The highest BCUT2D eigenvalue weighted by Crippen LogP contribution is 2.40. The molecule has 70 valence electrons. The lowest BCUT2D eigenvalue weighted by atomic mass is 9.94. The Morgan fingerprint density at radius 1 is 1.25 bits per heavy atom. The maximum atomic E-state index is 5.80. The van der Waals surface area contributed by atoms with Crippen LogP contribution >= 0.6 is 22.5 Å². The fourth-order valence-electron chi connectivity index (χ4n) is 1.93.